The number of benzene rings is 1. The minimum absolute atomic E-state index is 0.0248. The number of amides is 2. The molecule has 1 N–H and O–H groups in total. The Bertz CT molecular complexity index is 681. The van der Waals surface area contributed by atoms with Crippen LogP contribution in [-0.2, 0) is 9.59 Å². The molecule has 136 valence electrons. The first kappa shape index (κ1) is 18.2. The van der Waals surface area contributed by atoms with Crippen molar-refractivity contribution in [2.24, 2.45) is 17.8 Å². The van der Waals surface area contributed by atoms with Crippen molar-refractivity contribution >= 4 is 29.1 Å². The average Bonchev–Trinajstić information content (AvgIpc) is 2.96. The molecule has 1 saturated heterocycles. The van der Waals surface area contributed by atoms with Crippen molar-refractivity contribution in [2.45, 2.75) is 45.6 Å². The number of nitrogens with zero attached hydrogens (tertiary/aromatic N) is 1. The predicted molar refractivity (Wildman–Crippen MR) is 96.0 cm³/mol. The number of carbonyl (C=O) groups is 2. The fourth-order valence-corrected chi connectivity index (χ4v) is 4.05. The van der Waals surface area contributed by atoms with Crippen LogP contribution in [0.2, 0.25) is 5.02 Å². The zero-order valence-electron chi connectivity index (χ0n) is 14.6. The minimum atomic E-state index is -0.522. The second-order valence-corrected chi connectivity index (χ2v) is 7.79. The summed E-state index contributed by atoms with van der Waals surface area (Å²) in [5, 5.41) is 3.13. The fourth-order valence-electron chi connectivity index (χ4n) is 3.87. The lowest BCUT2D eigenvalue weighted by Gasteiger charge is -2.35. The summed E-state index contributed by atoms with van der Waals surface area (Å²) in [5.41, 5.74) is 0.534. The van der Waals surface area contributed by atoms with Gasteiger partial charge in [0.1, 0.15) is 5.82 Å². The molecule has 1 saturated carbocycles. The average molecular weight is 367 g/mol. The zero-order valence-corrected chi connectivity index (χ0v) is 15.4. The molecule has 0 unspecified atom stereocenters. The van der Waals surface area contributed by atoms with Crippen LogP contribution in [-0.4, -0.2) is 24.4 Å². The number of rotatable bonds is 3. The number of anilines is 1. The van der Waals surface area contributed by atoms with E-state index in [1.165, 1.54) is 29.5 Å². The van der Waals surface area contributed by atoms with Gasteiger partial charge in [0.25, 0.3) is 0 Å². The molecule has 2 aliphatic rings. The van der Waals surface area contributed by atoms with Crippen LogP contribution in [0.5, 0.6) is 0 Å². The number of hydrogen-bond donors (Lipinski definition) is 1. The van der Waals surface area contributed by atoms with E-state index >= 15 is 0 Å². The third-order valence-corrected chi connectivity index (χ3v) is 6.03. The summed E-state index contributed by atoms with van der Waals surface area (Å²) in [5.74, 6) is -0.0423. The largest absolute Gasteiger partial charge is 0.353 e. The molecule has 1 aromatic rings. The van der Waals surface area contributed by atoms with Gasteiger partial charge in [-0.1, -0.05) is 38.3 Å². The molecule has 1 heterocycles. The first-order valence-electron chi connectivity index (χ1n) is 8.92. The molecule has 25 heavy (non-hydrogen) atoms. The van der Waals surface area contributed by atoms with Crippen molar-refractivity contribution in [3.8, 4) is 0 Å². The number of nitrogens with one attached hydrogen (secondary N) is 1. The molecule has 0 bridgehead atoms. The third-order valence-electron chi connectivity index (χ3n) is 5.75. The summed E-state index contributed by atoms with van der Waals surface area (Å²) in [6.45, 7) is 4.72. The molecule has 1 aromatic carbocycles. The molecule has 1 aliphatic heterocycles. The van der Waals surface area contributed by atoms with Crippen LogP contribution in [0.3, 0.4) is 0 Å². The normalized spacial score (nSPS) is 29.8. The Kier molecular flexibility index (Phi) is 5.32. The van der Waals surface area contributed by atoms with Gasteiger partial charge in [0.05, 0.1) is 10.9 Å². The van der Waals surface area contributed by atoms with E-state index in [0.29, 0.717) is 24.1 Å². The summed E-state index contributed by atoms with van der Waals surface area (Å²) in [4.78, 5) is 26.5. The van der Waals surface area contributed by atoms with Gasteiger partial charge in [-0.2, -0.15) is 0 Å². The topological polar surface area (TPSA) is 49.4 Å². The molecule has 3 rings (SSSR count). The number of halogens is 2. The van der Waals surface area contributed by atoms with Gasteiger partial charge in [-0.3, -0.25) is 9.59 Å². The van der Waals surface area contributed by atoms with Crippen LogP contribution in [0.4, 0.5) is 10.1 Å². The van der Waals surface area contributed by atoms with Gasteiger partial charge in [0, 0.05) is 24.7 Å². The van der Waals surface area contributed by atoms with Crippen LogP contribution in [0.15, 0.2) is 18.2 Å². The number of carbonyl (C=O) groups excluding carboxylic acids is 2. The summed E-state index contributed by atoms with van der Waals surface area (Å²) < 4.78 is 13.3. The van der Waals surface area contributed by atoms with Gasteiger partial charge in [0.15, 0.2) is 0 Å². The number of hydrogen-bond acceptors (Lipinski definition) is 2. The summed E-state index contributed by atoms with van der Waals surface area (Å²) in [7, 11) is 0. The standard InChI is InChI=1S/C19H24ClFN2O2/c1-11-4-3-5-17(12(11)2)22-19(25)13-8-18(24)23(10-13)14-6-7-16(21)15(20)9-14/h6-7,9,11-13,17H,3-5,8,10H2,1-2H3,(H,22,25)/t11-,12-,13-,17+/m1/s1. The second kappa shape index (κ2) is 7.32. The van der Waals surface area contributed by atoms with E-state index in [0.717, 1.165) is 12.8 Å². The second-order valence-electron chi connectivity index (χ2n) is 7.39. The van der Waals surface area contributed by atoms with Crippen molar-refractivity contribution in [1.82, 2.24) is 5.32 Å². The van der Waals surface area contributed by atoms with Crippen molar-refractivity contribution in [1.29, 1.82) is 0 Å². The molecule has 0 spiro atoms. The lowest BCUT2D eigenvalue weighted by molar-refractivity contribution is -0.127. The zero-order chi connectivity index (χ0) is 18.1. The van der Waals surface area contributed by atoms with Crippen molar-refractivity contribution < 1.29 is 14.0 Å². The lowest BCUT2D eigenvalue weighted by atomic mass is 9.78. The summed E-state index contributed by atoms with van der Waals surface area (Å²) in [6.07, 6.45) is 3.50. The summed E-state index contributed by atoms with van der Waals surface area (Å²) in [6, 6.07) is 4.37. The monoisotopic (exact) mass is 366 g/mol. The van der Waals surface area contributed by atoms with Crippen LogP contribution in [0.25, 0.3) is 0 Å². The van der Waals surface area contributed by atoms with E-state index in [1.807, 2.05) is 0 Å². The quantitative estimate of drug-likeness (QED) is 0.885. The Morgan fingerprint density at radius 1 is 1.32 bits per heavy atom. The minimum Gasteiger partial charge on any atom is -0.353 e. The maximum Gasteiger partial charge on any atom is 0.227 e. The van der Waals surface area contributed by atoms with Gasteiger partial charge in [0.2, 0.25) is 11.8 Å². The third kappa shape index (κ3) is 3.81. The van der Waals surface area contributed by atoms with Crippen LogP contribution >= 0.6 is 11.6 Å². The van der Waals surface area contributed by atoms with E-state index in [9.17, 15) is 14.0 Å². The molecular formula is C19H24ClFN2O2. The van der Waals surface area contributed by atoms with Crippen LogP contribution in [0, 0.1) is 23.6 Å². The predicted octanol–water partition coefficient (Wildman–Crippen LogP) is 3.77. The molecule has 2 amide bonds. The Hall–Kier alpha value is -1.62. The van der Waals surface area contributed by atoms with E-state index in [1.54, 1.807) is 0 Å². The Labute approximate surface area is 152 Å². The highest BCUT2D eigenvalue weighted by atomic mass is 35.5. The van der Waals surface area contributed by atoms with Crippen molar-refractivity contribution in [2.75, 3.05) is 11.4 Å². The van der Waals surface area contributed by atoms with E-state index in [2.05, 4.69) is 19.2 Å². The first-order chi connectivity index (χ1) is 11.9. The smallest absolute Gasteiger partial charge is 0.227 e. The Morgan fingerprint density at radius 2 is 2.08 bits per heavy atom. The first-order valence-corrected chi connectivity index (χ1v) is 9.30. The van der Waals surface area contributed by atoms with E-state index in [4.69, 9.17) is 11.6 Å². The van der Waals surface area contributed by atoms with Crippen molar-refractivity contribution in [3.63, 3.8) is 0 Å². The Morgan fingerprint density at radius 3 is 2.80 bits per heavy atom. The molecular weight excluding hydrogens is 343 g/mol. The van der Waals surface area contributed by atoms with Crippen LogP contribution in [0.1, 0.15) is 39.5 Å². The SMILES string of the molecule is C[C@@H]1[C@H](C)CCC[C@@H]1NC(=O)[C@@H]1CC(=O)N(c2ccc(F)c(Cl)c2)C1. The van der Waals surface area contributed by atoms with Gasteiger partial charge in [-0.25, -0.2) is 4.39 Å². The maximum absolute atomic E-state index is 13.3. The Balaban J connectivity index is 1.65. The molecule has 0 aromatic heterocycles. The highest BCUT2D eigenvalue weighted by Crippen LogP contribution is 2.31. The van der Waals surface area contributed by atoms with Gasteiger partial charge < -0.3 is 10.2 Å². The highest BCUT2D eigenvalue weighted by Gasteiger charge is 2.37. The van der Waals surface area contributed by atoms with Crippen molar-refractivity contribution in [3.05, 3.63) is 29.0 Å². The van der Waals surface area contributed by atoms with Gasteiger partial charge >= 0.3 is 0 Å². The lowest BCUT2D eigenvalue weighted by Crippen LogP contribution is -2.46. The van der Waals surface area contributed by atoms with E-state index in [-0.39, 0.29) is 35.2 Å². The van der Waals surface area contributed by atoms with Gasteiger partial charge in [-0.15, -0.1) is 0 Å². The van der Waals surface area contributed by atoms with Crippen LogP contribution < -0.4 is 10.2 Å². The molecule has 4 atom stereocenters. The molecule has 6 heteroatoms. The summed E-state index contributed by atoms with van der Waals surface area (Å²) >= 11 is 5.81. The maximum atomic E-state index is 13.3. The molecule has 2 fully saturated rings. The van der Waals surface area contributed by atoms with Gasteiger partial charge in [-0.05, 0) is 36.5 Å². The molecule has 4 nitrogen and oxygen atoms in total. The fraction of sp³-hybridized carbons (Fsp3) is 0.579. The highest BCUT2D eigenvalue weighted by molar-refractivity contribution is 6.31. The molecule has 1 aliphatic carbocycles. The van der Waals surface area contributed by atoms with E-state index < -0.39 is 5.82 Å². The molecule has 0 radical (unpaired) electrons.